The highest BCUT2D eigenvalue weighted by Crippen LogP contribution is 2.21. The fourth-order valence-corrected chi connectivity index (χ4v) is 1.89. The van der Waals surface area contributed by atoms with Crippen molar-refractivity contribution in [3.8, 4) is 0 Å². The molecule has 0 aliphatic carbocycles. The molecule has 0 amide bonds. The summed E-state index contributed by atoms with van der Waals surface area (Å²) in [6, 6.07) is 0. The number of fused-ring (bicyclic) bond motifs is 1. The lowest BCUT2D eigenvalue weighted by Gasteiger charge is -2.02. The predicted molar refractivity (Wildman–Crippen MR) is 60.3 cm³/mol. The van der Waals surface area contributed by atoms with E-state index >= 15 is 0 Å². The van der Waals surface area contributed by atoms with E-state index < -0.39 is 0 Å². The topological polar surface area (TPSA) is 43.6 Å². The van der Waals surface area contributed by atoms with Crippen molar-refractivity contribution in [3.05, 3.63) is 16.8 Å². The third kappa shape index (κ3) is 2.06. The first-order valence-electron chi connectivity index (χ1n) is 4.76. The van der Waals surface area contributed by atoms with Crippen molar-refractivity contribution in [2.24, 2.45) is 0 Å². The van der Waals surface area contributed by atoms with Crippen LogP contribution in [0.5, 0.6) is 0 Å². The van der Waals surface area contributed by atoms with Crippen LogP contribution in [0.25, 0.3) is 11.2 Å². The van der Waals surface area contributed by atoms with Crippen LogP contribution in [0.15, 0.2) is 6.33 Å². The Kier molecular flexibility index (Phi) is 3.07. The molecule has 0 bridgehead atoms. The maximum atomic E-state index is 5.99. The number of hydrogen-bond acceptors (Lipinski definition) is 3. The van der Waals surface area contributed by atoms with Crippen LogP contribution in [-0.4, -0.2) is 19.5 Å². The fourth-order valence-electron chi connectivity index (χ4n) is 1.41. The van der Waals surface area contributed by atoms with Crippen molar-refractivity contribution in [1.29, 1.82) is 0 Å². The van der Waals surface area contributed by atoms with E-state index in [4.69, 9.17) is 23.2 Å². The lowest BCUT2D eigenvalue weighted by Crippen LogP contribution is -1.97. The number of halogens is 2. The molecule has 2 heterocycles. The second kappa shape index (κ2) is 4.33. The highest BCUT2D eigenvalue weighted by molar-refractivity contribution is 6.35. The Hall–Kier alpha value is -0.870. The van der Waals surface area contributed by atoms with Gasteiger partial charge in [0.2, 0.25) is 5.28 Å². The Balaban J connectivity index is 2.49. The molecule has 0 aliphatic rings. The monoisotopic (exact) mass is 244 g/mol. The van der Waals surface area contributed by atoms with Gasteiger partial charge in [-0.3, -0.25) is 0 Å². The summed E-state index contributed by atoms with van der Waals surface area (Å²) in [5.41, 5.74) is 1.31. The van der Waals surface area contributed by atoms with E-state index in [2.05, 4.69) is 21.9 Å². The third-order valence-electron chi connectivity index (χ3n) is 2.15. The zero-order chi connectivity index (χ0) is 10.8. The van der Waals surface area contributed by atoms with E-state index in [1.54, 1.807) is 6.33 Å². The first-order chi connectivity index (χ1) is 7.22. The minimum atomic E-state index is 0.133. The number of unbranched alkanes of at least 4 members (excludes halogenated alkanes) is 1. The van der Waals surface area contributed by atoms with Crippen molar-refractivity contribution >= 4 is 34.4 Å². The molecule has 0 saturated carbocycles. The molecule has 0 fully saturated rings. The molecule has 15 heavy (non-hydrogen) atoms. The number of nitrogens with zero attached hydrogens (tertiary/aromatic N) is 4. The van der Waals surface area contributed by atoms with Crippen molar-refractivity contribution in [3.63, 3.8) is 0 Å². The lowest BCUT2D eigenvalue weighted by molar-refractivity contribution is 0.645. The van der Waals surface area contributed by atoms with E-state index in [1.165, 1.54) is 0 Å². The Labute approximate surface area is 97.3 Å². The zero-order valence-corrected chi connectivity index (χ0v) is 9.76. The van der Waals surface area contributed by atoms with E-state index in [0.29, 0.717) is 10.8 Å². The average Bonchev–Trinajstić information content (AvgIpc) is 2.58. The van der Waals surface area contributed by atoms with Gasteiger partial charge in [-0.1, -0.05) is 24.9 Å². The Morgan fingerprint density at radius 1 is 1.33 bits per heavy atom. The normalized spacial score (nSPS) is 11.1. The molecule has 0 unspecified atom stereocenters. The molecule has 0 radical (unpaired) electrons. The second-order valence-corrected chi connectivity index (χ2v) is 3.94. The van der Waals surface area contributed by atoms with Crippen molar-refractivity contribution in [2.75, 3.05) is 0 Å². The summed E-state index contributed by atoms with van der Waals surface area (Å²) in [6.45, 7) is 3.01. The Bertz CT molecular complexity index is 480. The molecule has 6 heteroatoms. The molecule has 0 aliphatic heterocycles. The van der Waals surface area contributed by atoms with Crippen molar-refractivity contribution in [2.45, 2.75) is 26.3 Å². The lowest BCUT2D eigenvalue weighted by atomic mass is 10.3. The molecule has 0 N–H and O–H groups in total. The first-order valence-corrected chi connectivity index (χ1v) is 5.52. The van der Waals surface area contributed by atoms with Gasteiger partial charge in [-0.15, -0.1) is 0 Å². The van der Waals surface area contributed by atoms with Crippen molar-refractivity contribution < 1.29 is 0 Å². The Morgan fingerprint density at radius 3 is 2.87 bits per heavy atom. The van der Waals surface area contributed by atoms with E-state index in [0.717, 1.165) is 24.9 Å². The molecule has 2 rings (SSSR count). The van der Waals surface area contributed by atoms with Crippen LogP contribution in [0.4, 0.5) is 0 Å². The molecule has 4 nitrogen and oxygen atoms in total. The van der Waals surface area contributed by atoms with Gasteiger partial charge in [0.25, 0.3) is 0 Å². The van der Waals surface area contributed by atoms with Crippen LogP contribution in [0, 0.1) is 0 Å². The predicted octanol–water partition coefficient (Wildman–Crippen LogP) is 2.93. The van der Waals surface area contributed by atoms with Crippen molar-refractivity contribution in [1.82, 2.24) is 19.5 Å². The second-order valence-electron chi connectivity index (χ2n) is 3.25. The number of aryl methyl sites for hydroxylation is 1. The smallest absolute Gasteiger partial charge is 0.225 e. The summed E-state index contributed by atoms with van der Waals surface area (Å²) in [4.78, 5) is 12.0. The number of hydrogen-bond donors (Lipinski definition) is 0. The van der Waals surface area contributed by atoms with Gasteiger partial charge < -0.3 is 4.57 Å². The molecule has 2 aromatic rings. The third-order valence-corrected chi connectivity index (χ3v) is 2.59. The van der Waals surface area contributed by atoms with Crippen LogP contribution in [-0.2, 0) is 6.54 Å². The van der Waals surface area contributed by atoms with Crippen LogP contribution in [0.1, 0.15) is 19.8 Å². The zero-order valence-electron chi connectivity index (χ0n) is 8.24. The van der Waals surface area contributed by atoms with E-state index in [9.17, 15) is 0 Å². The maximum absolute atomic E-state index is 5.99. The standard InChI is InChI=1S/C9H10Cl2N4/c1-2-3-4-15-5-12-8-6(15)7(10)13-9(11)14-8/h5H,2-4H2,1H3. The van der Waals surface area contributed by atoms with E-state index in [1.807, 2.05) is 4.57 Å². The maximum Gasteiger partial charge on any atom is 0.225 e. The highest BCUT2D eigenvalue weighted by atomic mass is 35.5. The number of aromatic nitrogens is 4. The van der Waals surface area contributed by atoms with Gasteiger partial charge in [0.05, 0.1) is 6.33 Å². The minimum Gasteiger partial charge on any atom is -0.327 e. The van der Waals surface area contributed by atoms with E-state index in [-0.39, 0.29) is 5.28 Å². The van der Waals surface area contributed by atoms with Gasteiger partial charge in [0.1, 0.15) is 5.52 Å². The molecule has 0 aromatic carbocycles. The number of rotatable bonds is 3. The quantitative estimate of drug-likeness (QED) is 0.616. The fraction of sp³-hybridized carbons (Fsp3) is 0.444. The van der Waals surface area contributed by atoms with Crippen LogP contribution in [0.2, 0.25) is 10.4 Å². The molecule has 80 valence electrons. The van der Waals surface area contributed by atoms with Gasteiger partial charge in [0, 0.05) is 6.54 Å². The van der Waals surface area contributed by atoms with Gasteiger partial charge in [-0.2, -0.15) is 4.98 Å². The first kappa shape index (κ1) is 10.6. The summed E-state index contributed by atoms with van der Waals surface area (Å²) >= 11 is 11.7. The summed E-state index contributed by atoms with van der Waals surface area (Å²) < 4.78 is 1.96. The highest BCUT2D eigenvalue weighted by Gasteiger charge is 2.10. The average molecular weight is 245 g/mol. The van der Waals surface area contributed by atoms with Crippen LogP contribution < -0.4 is 0 Å². The summed E-state index contributed by atoms with van der Waals surface area (Å²) in [7, 11) is 0. The van der Waals surface area contributed by atoms with Gasteiger partial charge in [-0.05, 0) is 18.0 Å². The van der Waals surface area contributed by atoms with Crippen LogP contribution in [0.3, 0.4) is 0 Å². The Morgan fingerprint density at radius 2 is 2.13 bits per heavy atom. The minimum absolute atomic E-state index is 0.133. The molecule has 2 aromatic heterocycles. The summed E-state index contributed by atoms with van der Waals surface area (Å²) in [6.07, 6.45) is 3.91. The molecule has 0 spiro atoms. The molecule has 0 saturated heterocycles. The summed E-state index contributed by atoms with van der Waals surface area (Å²) in [5, 5.41) is 0.492. The van der Waals surface area contributed by atoms with Gasteiger partial charge in [0.15, 0.2) is 10.8 Å². The molecular weight excluding hydrogens is 235 g/mol. The molecular formula is C9H10Cl2N4. The van der Waals surface area contributed by atoms with Gasteiger partial charge in [-0.25, -0.2) is 9.97 Å². The number of imidazole rings is 1. The van der Waals surface area contributed by atoms with Crippen LogP contribution >= 0.6 is 23.2 Å². The SMILES string of the molecule is CCCCn1cnc2nc(Cl)nc(Cl)c21. The summed E-state index contributed by atoms with van der Waals surface area (Å²) in [5.74, 6) is 0. The largest absolute Gasteiger partial charge is 0.327 e. The molecule has 0 atom stereocenters. The van der Waals surface area contributed by atoms with Gasteiger partial charge >= 0.3 is 0 Å².